The molecule has 13 heavy (non-hydrogen) atoms. The molecule has 0 amide bonds. The van der Waals surface area contributed by atoms with Gasteiger partial charge in [0.25, 0.3) is 0 Å². The maximum absolute atomic E-state index is 3.53. The van der Waals surface area contributed by atoms with E-state index >= 15 is 0 Å². The fourth-order valence-electron chi connectivity index (χ4n) is 2.53. The zero-order valence-electron chi connectivity index (χ0n) is 9.47. The van der Waals surface area contributed by atoms with Crippen LogP contribution in [0.5, 0.6) is 0 Å². The number of rotatable bonds is 1. The molecule has 0 radical (unpaired) electrons. The van der Waals surface area contributed by atoms with E-state index in [1.165, 1.54) is 38.8 Å². The maximum Gasteiger partial charge on any atom is -0.00462 e. The highest BCUT2D eigenvalue weighted by atomic mass is 14.8. The van der Waals surface area contributed by atoms with Crippen LogP contribution in [0.3, 0.4) is 0 Å². The van der Waals surface area contributed by atoms with E-state index in [9.17, 15) is 0 Å². The number of hydrogen-bond donors (Lipinski definition) is 1. The van der Waals surface area contributed by atoms with Crippen molar-refractivity contribution in [1.29, 1.82) is 0 Å². The molecular formula is C12H25N. The van der Waals surface area contributed by atoms with Crippen molar-refractivity contribution >= 4 is 0 Å². The van der Waals surface area contributed by atoms with Crippen molar-refractivity contribution < 1.29 is 0 Å². The smallest absolute Gasteiger partial charge is 0.00462 e. The van der Waals surface area contributed by atoms with Gasteiger partial charge in [0.05, 0.1) is 0 Å². The van der Waals surface area contributed by atoms with E-state index in [0.29, 0.717) is 0 Å². The Morgan fingerprint density at radius 2 is 1.92 bits per heavy atom. The lowest BCUT2D eigenvalue weighted by Crippen LogP contribution is -2.21. The fourth-order valence-corrected chi connectivity index (χ4v) is 2.53. The maximum atomic E-state index is 3.53. The molecule has 78 valence electrons. The molecule has 0 spiro atoms. The van der Waals surface area contributed by atoms with Gasteiger partial charge in [-0.1, -0.05) is 27.2 Å². The second kappa shape index (κ2) is 5.64. The molecular weight excluding hydrogens is 158 g/mol. The third-order valence-corrected chi connectivity index (χ3v) is 3.87. The van der Waals surface area contributed by atoms with Crippen molar-refractivity contribution in [2.24, 2.45) is 17.8 Å². The van der Waals surface area contributed by atoms with E-state index < -0.39 is 0 Å². The minimum atomic E-state index is 0.921. The molecule has 1 N–H and O–H groups in total. The van der Waals surface area contributed by atoms with Gasteiger partial charge in [-0.05, 0) is 50.1 Å². The van der Waals surface area contributed by atoms with Gasteiger partial charge in [0.2, 0.25) is 0 Å². The molecule has 3 unspecified atom stereocenters. The van der Waals surface area contributed by atoms with Gasteiger partial charge >= 0.3 is 0 Å². The van der Waals surface area contributed by atoms with Crippen molar-refractivity contribution in [3.8, 4) is 0 Å². The largest absolute Gasteiger partial charge is 0.317 e. The van der Waals surface area contributed by atoms with Crippen LogP contribution in [0.1, 0.15) is 46.5 Å². The Bertz CT molecular complexity index is 133. The summed E-state index contributed by atoms with van der Waals surface area (Å²) >= 11 is 0. The van der Waals surface area contributed by atoms with Gasteiger partial charge in [0.1, 0.15) is 0 Å². The third-order valence-electron chi connectivity index (χ3n) is 3.87. The van der Waals surface area contributed by atoms with E-state index in [1.54, 1.807) is 0 Å². The van der Waals surface area contributed by atoms with Crippen LogP contribution in [0.2, 0.25) is 0 Å². The van der Waals surface area contributed by atoms with Crippen LogP contribution in [-0.4, -0.2) is 13.1 Å². The second-order valence-electron chi connectivity index (χ2n) is 4.69. The summed E-state index contributed by atoms with van der Waals surface area (Å²) in [7, 11) is 0. The SMILES string of the molecule is CCC1CCNCCCC(C)C1C. The Balaban J connectivity index is 2.49. The van der Waals surface area contributed by atoms with Gasteiger partial charge < -0.3 is 5.32 Å². The number of hydrogen-bond acceptors (Lipinski definition) is 1. The molecule has 0 aromatic carbocycles. The van der Waals surface area contributed by atoms with Gasteiger partial charge in [-0.25, -0.2) is 0 Å². The molecule has 0 aromatic heterocycles. The second-order valence-corrected chi connectivity index (χ2v) is 4.69. The van der Waals surface area contributed by atoms with Crippen LogP contribution in [-0.2, 0) is 0 Å². The summed E-state index contributed by atoms with van der Waals surface area (Å²) in [6, 6.07) is 0. The first-order chi connectivity index (χ1) is 6.25. The highest BCUT2D eigenvalue weighted by molar-refractivity contribution is 4.73. The van der Waals surface area contributed by atoms with Gasteiger partial charge in [-0.2, -0.15) is 0 Å². The summed E-state index contributed by atoms with van der Waals surface area (Å²) in [5, 5.41) is 3.53. The Hall–Kier alpha value is -0.0400. The molecule has 1 saturated heterocycles. The molecule has 1 heteroatoms. The van der Waals surface area contributed by atoms with Gasteiger partial charge in [-0.15, -0.1) is 0 Å². The molecule has 1 nitrogen and oxygen atoms in total. The highest BCUT2D eigenvalue weighted by Crippen LogP contribution is 2.29. The van der Waals surface area contributed by atoms with Crippen molar-refractivity contribution in [3.05, 3.63) is 0 Å². The lowest BCUT2D eigenvalue weighted by molar-refractivity contribution is 0.238. The first kappa shape index (κ1) is 11.0. The van der Waals surface area contributed by atoms with E-state index in [0.717, 1.165) is 17.8 Å². The summed E-state index contributed by atoms with van der Waals surface area (Å²) in [4.78, 5) is 0. The van der Waals surface area contributed by atoms with Crippen LogP contribution >= 0.6 is 0 Å². The van der Waals surface area contributed by atoms with E-state index in [4.69, 9.17) is 0 Å². The van der Waals surface area contributed by atoms with Crippen molar-refractivity contribution in [2.45, 2.75) is 46.5 Å². The molecule has 3 atom stereocenters. The van der Waals surface area contributed by atoms with E-state index in [2.05, 4.69) is 26.1 Å². The molecule has 1 aliphatic heterocycles. The van der Waals surface area contributed by atoms with Crippen LogP contribution < -0.4 is 5.32 Å². The van der Waals surface area contributed by atoms with Crippen molar-refractivity contribution in [2.75, 3.05) is 13.1 Å². The normalized spacial score (nSPS) is 37.6. The molecule has 0 aromatic rings. The first-order valence-corrected chi connectivity index (χ1v) is 5.96. The van der Waals surface area contributed by atoms with Crippen molar-refractivity contribution in [1.82, 2.24) is 5.32 Å². The van der Waals surface area contributed by atoms with Gasteiger partial charge in [0, 0.05) is 0 Å². The topological polar surface area (TPSA) is 12.0 Å². The molecule has 1 aliphatic rings. The average Bonchev–Trinajstić information content (AvgIpc) is 2.21. The first-order valence-electron chi connectivity index (χ1n) is 5.96. The standard InChI is InChI=1S/C12H25N/c1-4-12-7-9-13-8-5-6-10(2)11(12)3/h10-13H,4-9H2,1-3H3. The predicted octanol–water partition coefficient (Wildman–Crippen LogP) is 3.06. The molecule has 1 heterocycles. The zero-order chi connectivity index (χ0) is 9.68. The van der Waals surface area contributed by atoms with Gasteiger partial charge in [-0.3, -0.25) is 0 Å². The summed E-state index contributed by atoms with van der Waals surface area (Å²) in [5.74, 6) is 2.79. The summed E-state index contributed by atoms with van der Waals surface area (Å²) in [5.41, 5.74) is 0. The Morgan fingerprint density at radius 1 is 1.15 bits per heavy atom. The third kappa shape index (κ3) is 3.30. The molecule has 0 aliphatic carbocycles. The molecule has 1 fully saturated rings. The zero-order valence-corrected chi connectivity index (χ0v) is 9.47. The van der Waals surface area contributed by atoms with Crippen LogP contribution in [0.15, 0.2) is 0 Å². The van der Waals surface area contributed by atoms with E-state index in [-0.39, 0.29) is 0 Å². The van der Waals surface area contributed by atoms with Crippen LogP contribution in [0, 0.1) is 17.8 Å². The molecule has 1 rings (SSSR count). The predicted molar refractivity (Wildman–Crippen MR) is 58.8 cm³/mol. The molecule has 0 bridgehead atoms. The Labute approximate surface area is 83.3 Å². The van der Waals surface area contributed by atoms with Crippen LogP contribution in [0.4, 0.5) is 0 Å². The monoisotopic (exact) mass is 183 g/mol. The van der Waals surface area contributed by atoms with Gasteiger partial charge in [0.15, 0.2) is 0 Å². The van der Waals surface area contributed by atoms with E-state index in [1.807, 2.05) is 0 Å². The average molecular weight is 183 g/mol. The minimum absolute atomic E-state index is 0.921. The fraction of sp³-hybridized carbons (Fsp3) is 1.00. The Kier molecular flexibility index (Phi) is 4.79. The summed E-state index contributed by atoms with van der Waals surface area (Å²) in [6.07, 6.45) is 5.50. The minimum Gasteiger partial charge on any atom is -0.317 e. The highest BCUT2D eigenvalue weighted by Gasteiger charge is 2.21. The summed E-state index contributed by atoms with van der Waals surface area (Å²) in [6.45, 7) is 9.68. The molecule has 0 saturated carbocycles. The lowest BCUT2D eigenvalue weighted by Gasteiger charge is -2.27. The van der Waals surface area contributed by atoms with Crippen LogP contribution in [0.25, 0.3) is 0 Å². The lowest BCUT2D eigenvalue weighted by atomic mass is 9.79. The Morgan fingerprint density at radius 3 is 2.62 bits per heavy atom. The summed E-state index contributed by atoms with van der Waals surface area (Å²) < 4.78 is 0. The quantitative estimate of drug-likeness (QED) is 0.659. The van der Waals surface area contributed by atoms with Crippen molar-refractivity contribution in [3.63, 3.8) is 0 Å². The number of nitrogens with one attached hydrogen (secondary N) is 1.